The Balaban J connectivity index is 1.40. The fraction of sp³-hybridized carbons (Fsp3) is 0.759. The molecule has 1 saturated heterocycles. The third-order valence-electron chi connectivity index (χ3n) is 9.43. The lowest BCUT2D eigenvalue weighted by Crippen LogP contribution is -2.36. The van der Waals surface area contributed by atoms with Crippen molar-refractivity contribution in [3.05, 3.63) is 35.5 Å². The highest BCUT2D eigenvalue weighted by Gasteiger charge is 2.51. The average molecular weight is 473 g/mol. The second-order valence-corrected chi connectivity index (χ2v) is 11.9. The lowest BCUT2D eigenvalue weighted by Gasteiger charge is -2.44. The van der Waals surface area contributed by atoms with Crippen LogP contribution in [0.1, 0.15) is 91.9 Å². The van der Waals surface area contributed by atoms with Gasteiger partial charge in [0.15, 0.2) is 5.60 Å². The quantitative estimate of drug-likeness (QED) is 0.491. The molecule has 0 bridgehead atoms. The van der Waals surface area contributed by atoms with Crippen LogP contribution in [0.2, 0.25) is 0 Å². The normalized spacial score (nSPS) is 43.9. The lowest BCUT2D eigenvalue weighted by atomic mass is 9.60. The summed E-state index contributed by atoms with van der Waals surface area (Å²) in [4.78, 5) is 12.2. The highest BCUT2D eigenvalue weighted by molar-refractivity contribution is 5.80. The summed E-state index contributed by atoms with van der Waals surface area (Å²) >= 11 is 0. The number of rotatable bonds is 6. The fourth-order valence-electron chi connectivity index (χ4n) is 7.52. The number of carbonyl (C=O) groups is 1. The molecule has 5 heteroatoms. The SMILES string of the molecule is C=C1/C(=C\C=C2/CCC[C@]3(C)C([C@H](C)CCC[C@@]4(C)O[C@H](C)OC4=O)CC[C@@H]23)C[C@@H](O)C[C@@H]1O. The predicted molar refractivity (Wildman–Crippen MR) is 133 cm³/mol. The number of esters is 1. The van der Waals surface area contributed by atoms with Crippen molar-refractivity contribution < 1.29 is 24.5 Å². The van der Waals surface area contributed by atoms with Gasteiger partial charge in [-0.1, -0.05) is 44.6 Å². The van der Waals surface area contributed by atoms with Crippen molar-refractivity contribution in [1.29, 1.82) is 0 Å². The summed E-state index contributed by atoms with van der Waals surface area (Å²) < 4.78 is 11.0. The molecule has 3 aliphatic carbocycles. The van der Waals surface area contributed by atoms with Crippen molar-refractivity contribution in [2.75, 3.05) is 0 Å². The van der Waals surface area contributed by atoms with E-state index in [9.17, 15) is 15.0 Å². The summed E-state index contributed by atoms with van der Waals surface area (Å²) in [7, 11) is 0. The number of ether oxygens (including phenoxy) is 2. The second kappa shape index (κ2) is 9.91. The molecule has 1 aliphatic heterocycles. The molecule has 1 heterocycles. The molecule has 5 nitrogen and oxygen atoms in total. The van der Waals surface area contributed by atoms with Gasteiger partial charge in [-0.3, -0.25) is 0 Å². The lowest BCUT2D eigenvalue weighted by molar-refractivity contribution is -0.144. The molecule has 0 radical (unpaired) electrons. The molecule has 0 amide bonds. The Kier molecular flexibility index (Phi) is 7.48. The zero-order valence-electron chi connectivity index (χ0n) is 21.5. The van der Waals surface area contributed by atoms with Crippen LogP contribution in [-0.4, -0.2) is 40.3 Å². The van der Waals surface area contributed by atoms with Gasteiger partial charge in [0.1, 0.15) is 0 Å². The third kappa shape index (κ3) is 4.94. The molecule has 4 rings (SSSR count). The average Bonchev–Trinajstić information content (AvgIpc) is 3.24. The van der Waals surface area contributed by atoms with Crippen molar-refractivity contribution >= 4 is 5.97 Å². The molecule has 2 N–H and O–H groups in total. The van der Waals surface area contributed by atoms with E-state index >= 15 is 0 Å². The number of hydrogen-bond donors (Lipinski definition) is 2. The number of cyclic esters (lactones) is 1. The molecule has 3 saturated carbocycles. The van der Waals surface area contributed by atoms with Crippen molar-refractivity contribution in [2.24, 2.45) is 23.2 Å². The smallest absolute Gasteiger partial charge is 0.340 e. The van der Waals surface area contributed by atoms with E-state index in [4.69, 9.17) is 9.47 Å². The third-order valence-corrected chi connectivity index (χ3v) is 9.43. The minimum atomic E-state index is -0.792. The van der Waals surface area contributed by atoms with Crippen LogP contribution in [0.5, 0.6) is 0 Å². The summed E-state index contributed by atoms with van der Waals surface area (Å²) in [6.45, 7) is 12.6. The molecule has 0 aromatic heterocycles. The van der Waals surface area contributed by atoms with Gasteiger partial charge in [0.25, 0.3) is 0 Å². The van der Waals surface area contributed by atoms with Crippen LogP contribution < -0.4 is 0 Å². The van der Waals surface area contributed by atoms with Crippen molar-refractivity contribution in [2.45, 2.75) is 116 Å². The van der Waals surface area contributed by atoms with Crippen LogP contribution in [-0.2, 0) is 14.3 Å². The van der Waals surface area contributed by atoms with Gasteiger partial charge in [-0.05, 0) is 99.5 Å². The standard InChI is InChI=1S/C29H44O5/c1-18(8-6-15-29(5)27(32)33-20(3)34-29)24-12-13-25-21(9-7-14-28(24,25)4)10-11-22-16-23(30)17-26(31)19(22)2/h10-11,18,20,23-26,30-31H,2,6-9,12-17H2,1,3-5H3/b21-10+,22-11-/t18-,20-,23-,24?,25+,26+,28-,29-/m1/s1. The summed E-state index contributed by atoms with van der Waals surface area (Å²) in [5, 5.41) is 20.3. The zero-order valence-corrected chi connectivity index (χ0v) is 21.5. The van der Waals surface area contributed by atoms with Crippen molar-refractivity contribution in [1.82, 2.24) is 0 Å². The number of fused-ring (bicyclic) bond motifs is 1. The first-order valence-electron chi connectivity index (χ1n) is 13.4. The molecular formula is C29H44O5. The van der Waals surface area contributed by atoms with Crippen LogP contribution in [0, 0.1) is 23.2 Å². The predicted octanol–water partition coefficient (Wildman–Crippen LogP) is 5.61. The Morgan fingerprint density at radius 3 is 2.71 bits per heavy atom. The highest BCUT2D eigenvalue weighted by atomic mass is 16.8. The Morgan fingerprint density at radius 1 is 1.24 bits per heavy atom. The second-order valence-electron chi connectivity index (χ2n) is 11.9. The van der Waals surface area contributed by atoms with Crippen LogP contribution >= 0.6 is 0 Å². The summed E-state index contributed by atoms with van der Waals surface area (Å²) in [6.07, 6.45) is 12.7. The number of aliphatic hydroxyl groups is 2. The molecular weight excluding hydrogens is 428 g/mol. The van der Waals surface area contributed by atoms with E-state index in [0.717, 1.165) is 30.4 Å². The van der Waals surface area contributed by atoms with E-state index in [-0.39, 0.29) is 5.97 Å². The van der Waals surface area contributed by atoms with Crippen molar-refractivity contribution in [3.63, 3.8) is 0 Å². The van der Waals surface area contributed by atoms with Gasteiger partial charge < -0.3 is 19.7 Å². The maximum absolute atomic E-state index is 12.2. The van der Waals surface area contributed by atoms with E-state index in [1.807, 2.05) is 6.92 Å². The number of allylic oxidation sites excluding steroid dienone is 3. The van der Waals surface area contributed by atoms with Gasteiger partial charge in [-0.2, -0.15) is 0 Å². The molecule has 1 unspecified atom stereocenters. The summed E-state index contributed by atoms with van der Waals surface area (Å²) in [6, 6.07) is 0. The molecule has 0 aromatic carbocycles. The van der Waals surface area contributed by atoms with E-state index in [1.165, 1.54) is 31.3 Å². The van der Waals surface area contributed by atoms with Gasteiger partial charge in [0.05, 0.1) is 12.2 Å². The van der Waals surface area contributed by atoms with Gasteiger partial charge in [0, 0.05) is 6.42 Å². The Hall–Kier alpha value is -1.43. The van der Waals surface area contributed by atoms with Crippen LogP contribution in [0.15, 0.2) is 35.5 Å². The minimum absolute atomic E-state index is 0.225. The topological polar surface area (TPSA) is 76.0 Å². The van der Waals surface area contributed by atoms with Gasteiger partial charge in [-0.25, -0.2) is 4.79 Å². The van der Waals surface area contributed by atoms with Gasteiger partial charge >= 0.3 is 5.97 Å². The highest BCUT2D eigenvalue weighted by Crippen LogP contribution is 2.60. The zero-order chi connectivity index (χ0) is 24.7. The van der Waals surface area contributed by atoms with Gasteiger partial charge in [0.2, 0.25) is 6.29 Å². The Bertz CT molecular complexity index is 859. The molecule has 0 aromatic rings. The van der Waals surface area contributed by atoms with Crippen LogP contribution in [0.4, 0.5) is 0 Å². The largest absolute Gasteiger partial charge is 0.434 e. The molecule has 8 atom stereocenters. The summed E-state index contributed by atoms with van der Waals surface area (Å²) in [5.41, 5.74) is 2.80. The Labute approximate surface area is 205 Å². The molecule has 4 fully saturated rings. The van der Waals surface area contributed by atoms with E-state index in [0.29, 0.717) is 42.4 Å². The van der Waals surface area contributed by atoms with Crippen LogP contribution in [0.25, 0.3) is 0 Å². The van der Waals surface area contributed by atoms with Gasteiger partial charge in [-0.15, -0.1) is 0 Å². The first-order valence-corrected chi connectivity index (χ1v) is 13.4. The fourth-order valence-corrected chi connectivity index (χ4v) is 7.52. The maximum Gasteiger partial charge on any atom is 0.340 e. The van der Waals surface area contributed by atoms with E-state index in [1.54, 1.807) is 6.92 Å². The van der Waals surface area contributed by atoms with E-state index in [2.05, 4.69) is 32.6 Å². The first kappa shape index (κ1) is 25.7. The Morgan fingerprint density at radius 2 is 2.00 bits per heavy atom. The van der Waals surface area contributed by atoms with Crippen LogP contribution in [0.3, 0.4) is 0 Å². The maximum atomic E-state index is 12.2. The minimum Gasteiger partial charge on any atom is -0.434 e. The van der Waals surface area contributed by atoms with Crippen molar-refractivity contribution in [3.8, 4) is 0 Å². The van der Waals surface area contributed by atoms with E-state index < -0.39 is 24.1 Å². The number of carbonyl (C=O) groups excluding carboxylic acids is 1. The monoisotopic (exact) mass is 472 g/mol. The summed E-state index contributed by atoms with van der Waals surface area (Å²) in [5.74, 6) is 1.67. The number of hydrogen-bond acceptors (Lipinski definition) is 5. The first-order chi connectivity index (χ1) is 16.0. The molecule has 190 valence electrons. The molecule has 0 spiro atoms. The number of aliphatic hydroxyl groups excluding tert-OH is 2. The molecule has 34 heavy (non-hydrogen) atoms. The molecule has 4 aliphatic rings.